The van der Waals surface area contributed by atoms with Gasteiger partial charge in [0, 0.05) is 18.4 Å². The van der Waals surface area contributed by atoms with Gasteiger partial charge in [0.2, 0.25) is 5.78 Å². The summed E-state index contributed by atoms with van der Waals surface area (Å²) in [5, 5.41) is 0. The number of halogens is 3. The second kappa shape index (κ2) is 11.0. The average molecular weight is 556 g/mol. The van der Waals surface area contributed by atoms with Crippen LogP contribution in [0, 0.1) is 23.5 Å². The van der Waals surface area contributed by atoms with Crippen molar-refractivity contribution in [3.05, 3.63) is 107 Å². The minimum absolute atomic E-state index is 0. The molecule has 36 heavy (non-hydrogen) atoms. The Morgan fingerprint density at radius 2 is 1.44 bits per heavy atom. The maximum atomic E-state index is 14.0. The van der Waals surface area contributed by atoms with E-state index in [0.717, 1.165) is 25.9 Å². The van der Waals surface area contributed by atoms with Crippen LogP contribution >= 0.6 is 0 Å². The van der Waals surface area contributed by atoms with Gasteiger partial charge in [0.1, 0.15) is 24.1 Å². The molecule has 3 heterocycles. The highest BCUT2D eigenvalue weighted by atomic mass is 79.9. The molecule has 0 spiro atoms. The molecule has 0 amide bonds. The summed E-state index contributed by atoms with van der Waals surface area (Å²) in [6.45, 7) is 2.63. The zero-order chi connectivity index (χ0) is 24.4. The number of fused-ring (bicyclic) bond motifs is 3. The molecule has 0 aliphatic carbocycles. The smallest absolute Gasteiger partial charge is 0.315 e. The largest absolute Gasteiger partial charge is 1.00 e. The lowest BCUT2D eigenvalue weighted by Gasteiger charge is -2.51. The van der Waals surface area contributed by atoms with E-state index in [1.54, 1.807) is 24.3 Å². The van der Waals surface area contributed by atoms with Crippen LogP contribution < -0.4 is 17.0 Å². The molecule has 188 valence electrons. The number of Topliss-reactive ketones (excluding diaryl/α,β-unsaturated/α-hetero) is 1. The van der Waals surface area contributed by atoms with Gasteiger partial charge in [-0.05, 0) is 41.3 Å². The first-order chi connectivity index (χ1) is 16.9. The van der Waals surface area contributed by atoms with E-state index in [-0.39, 0.29) is 40.6 Å². The van der Waals surface area contributed by atoms with E-state index < -0.39 is 17.7 Å². The van der Waals surface area contributed by atoms with Crippen molar-refractivity contribution in [2.75, 3.05) is 26.2 Å². The lowest BCUT2D eigenvalue weighted by atomic mass is 9.76. The Bertz CT molecular complexity index is 1180. The first kappa shape index (κ1) is 26.2. The summed E-state index contributed by atoms with van der Waals surface area (Å²) in [5.41, 5.74) is 1.59. The number of ether oxygens (including phenoxy) is 1. The number of rotatable bonds is 7. The zero-order valence-electron chi connectivity index (χ0n) is 19.8. The molecule has 3 aromatic carbocycles. The van der Waals surface area contributed by atoms with Crippen molar-refractivity contribution in [2.45, 2.75) is 18.9 Å². The molecule has 3 aliphatic heterocycles. The Hall–Kier alpha value is -2.90. The van der Waals surface area contributed by atoms with Crippen LogP contribution in [-0.2, 0) is 9.53 Å². The zero-order valence-corrected chi connectivity index (χ0v) is 21.4. The average Bonchev–Trinajstić information content (AvgIpc) is 2.88. The Labute approximate surface area is 220 Å². The fourth-order valence-corrected chi connectivity index (χ4v) is 5.67. The molecule has 2 bridgehead atoms. The van der Waals surface area contributed by atoms with Gasteiger partial charge in [-0.2, -0.15) is 0 Å². The van der Waals surface area contributed by atoms with Gasteiger partial charge in [-0.1, -0.05) is 54.6 Å². The van der Waals surface area contributed by atoms with Crippen LogP contribution in [0.1, 0.15) is 40.4 Å². The number of piperidine rings is 3. The Kier molecular flexibility index (Phi) is 8.00. The van der Waals surface area contributed by atoms with Crippen molar-refractivity contribution in [3.8, 4) is 0 Å². The van der Waals surface area contributed by atoms with Crippen LogP contribution in [0.2, 0.25) is 0 Å². The number of carbonyl (C=O) groups is 2. The van der Waals surface area contributed by atoms with Crippen LogP contribution in [0.4, 0.5) is 8.78 Å². The molecular weight excluding hydrogens is 528 g/mol. The summed E-state index contributed by atoms with van der Waals surface area (Å²) in [4.78, 5) is 26.5. The molecule has 1 atom stereocenters. The number of esters is 1. The van der Waals surface area contributed by atoms with E-state index in [0.29, 0.717) is 34.3 Å². The van der Waals surface area contributed by atoms with Crippen LogP contribution in [0.25, 0.3) is 0 Å². The topological polar surface area (TPSA) is 43.4 Å². The molecule has 7 heteroatoms. The molecular formula is C29H28BrF2NO3. The fraction of sp³-hybridized carbons (Fsp3) is 0.310. The van der Waals surface area contributed by atoms with Crippen LogP contribution in [0.15, 0.2) is 78.9 Å². The van der Waals surface area contributed by atoms with Gasteiger partial charge in [-0.15, -0.1) is 0 Å². The molecule has 3 aliphatic rings. The highest BCUT2D eigenvalue weighted by Crippen LogP contribution is 2.40. The van der Waals surface area contributed by atoms with E-state index >= 15 is 0 Å². The third-order valence-corrected chi connectivity index (χ3v) is 7.52. The molecule has 3 fully saturated rings. The maximum absolute atomic E-state index is 14.0. The second-order valence-electron chi connectivity index (χ2n) is 9.79. The monoisotopic (exact) mass is 555 g/mol. The molecule has 3 saturated heterocycles. The van der Waals surface area contributed by atoms with Crippen LogP contribution in [-0.4, -0.2) is 42.4 Å². The van der Waals surface area contributed by atoms with Gasteiger partial charge >= 0.3 is 5.97 Å². The van der Waals surface area contributed by atoms with Gasteiger partial charge in [0.15, 0.2) is 6.10 Å². The molecule has 4 nitrogen and oxygen atoms in total. The lowest BCUT2D eigenvalue weighted by Crippen LogP contribution is -3.00. The van der Waals surface area contributed by atoms with Crippen LogP contribution in [0.5, 0.6) is 0 Å². The normalized spacial score (nSPS) is 22.6. The van der Waals surface area contributed by atoms with E-state index in [1.807, 2.05) is 30.3 Å². The number of hydrogen-bond donors (Lipinski definition) is 0. The molecule has 0 N–H and O–H groups in total. The highest BCUT2D eigenvalue weighted by molar-refractivity contribution is 5.97. The Balaban J connectivity index is 0.00000304. The lowest BCUT2D eigenvalue weighted by molar-refractivity contribution is -0.938. The molecule has 0 radical (unpaired) electrons. The molecule has 3 aromatic rings. The summed E-state index contributed by atoms with van der Waals surface area (Å²) in [5.74, 6) is -1.36. The number of ketones is 1. The quantitative estimate of drug-likeness (QED) is 0.255. The highest BCUT2D eigenvalue weighted by Gasteiger charge is 2.50. The minimum Gasteiger partial charge on any atom is -1.00 e. The number of hydrogen-bond acceptors (Lipinski definition) is 3. The summed E-state index contributed by atoms with van der Waals surface area (Å²) in [6.07, 6.45) is 0.794. The first-order valence-electron chi connectivity index (χ1n) is 12.1. The summed E-state index contributed by atoms with van der Waals surface area (Å²) >= 11 is 0. The number of nitrogens with zero attached hydrogens (tertiary/aromatic N) is 1. The summed E-state index contributed by atoms with van der Waals surface area (Å²) in [6, 6.07) is 21.0. The van der Waals surface area contributed by atoms with Crippen molar-refractivity contribution >= 4 is 11.8 Å². The maximum Gasteiger partial charge on any atom is 0.315 e. The summed E-state index contributed by atoms with van der Waals surface area (Å²) < 4.78 is 34.6. The third kappa shape index (κ3) is 5.57. The first-order valence-corrected chi connectivity index (χ1v) is 12.1. The minimum atomic E-state index is -0.913. The third-order valence-electron chi connectivity index (χ3n) is 7.52. The molecule has 6 rings (SSSR count). The van der Waals surface area contributed by atoms with E-state index in [9.17, 15) is 18.4 Å². The fourth-order valence-electron chi connectivity index (χ4n) is 5.67. The van der Waals surface area contributed by atoms with Crippen molar-refractivity contribution in [3.63, 3.8) is 0 Å². The SMILES string of the molecule is O=C(C[N+]12CCC(CC1)C(C(=O)OC(c1cccc(F)c1)c1cccc(F)c1)C2)c1ccccc1.[Br-]. The Morgan fingerprint density at radius 3 is 2.00 bits per heavy atom. The van der Waals surface area contributed by atoms with E-state index in [1.165, 1.54) is 24.3 Å². The Morgan fingerprint density at radius 1 is 0.861 bits per heavy atom. The van der Waals surface area contributed by atoms with Gasteiger partial charge in [0.25, 0.3) is 0 Å². The van der Waals surface area contributed by atoms with Gasteiger partial charge in [0.05, 0.1) is 19.6 Å². The predicted molar refractivity (Wildman–Crippen MR) is 127 cm³/mol. The number of benzene rings is 3. The van der Waals surface area contributed by atoms with Crippen LogP contribution in [0.3, 0.4) is 0 Å². The van der Waals surface area contributed by atoms with Gasteiger partial charge in [-0.25, -0.2) is 8.78 Å². The predicted octanol–water partition coefficient (Wildman–Crippen LogP) is 2.34. The van der Waals surface area contributed by atoms with Gasteiger partial charge < -0.3 is 26.2 Å². The summed E-state index contributed by atoms with van der Waals surface area (Å²) in [7, 11) is 0. The molecule has 1 unspecified atom stereocenters. The van der Waals surface area contributed by atoms with E-state index in [2.05, 4.69) is 0 Å². The number of carbonyl (C=O) groups excluding carboxylic acids is 2. The van der Waals surface area contributed by atoms with Gasteiger partial charge in [-0.3, -0.25) is 9.59 Å². The molecule has 0 saturated carbocycles. The number of quaternary nitrogens is 1. The van der Waals surface area contributed by atoms with Crippen molar-refractivity contribution in [1.29, 1.82) is 0 Å². The van der Waals surface area contributed by atoms with Crippen molar-refractivity contribution < 1.29 is 44.6 Å². The standard InChI is InChI=1S/C29H28F2NO3.BrH/c30-24-10-4-8-22(16-24)28(23-9-5-11-25(31)17-23)35-29(34)26-18-32(14-12-20(26)13-15-32)19-27(33)21-6-2-1-3-7-21;/h1-11,16-17,20,26,28H,12-15,18-19H2;1H/q+1;/p-1. The molecule has 0 aromatic heterocycles. The second-order valence-corrected chi connectivity index (χ2v) is 9.79. The van der Waals surface area contributed by atoms with Crippen molar-refractivity contribution in [1.82, 2.24) is 0 Å². The van der Waals surface area contributed by atoms with Crippen molar-refractivity contribution in [2.24, 2.45) is 11.8 Å². The van der Waals surface area contributed by atoms with E-state index in [4.69, 9.17) is 4.74 Å².